The Balaban J connectivity index is 3.25. The third-order valence-corrected chi connectivity index (χ3v) is 3.53. The van der Waals surface area contributed by atoms with E-state index in [1.54, 1.807) is 0 Å². The van der Waals surface area contributed by atoms with Gasteiger partial charge in [0.05, 0.1) is 0 Å². The first-order valence-corrected chi connectivity index (χ1v) is 7.81. The van der Waals surface area contributed by atoms with Gasteiger partial charge in [-0.3, -0.25) is 0 Å². The lowest BCUT2D eigenvalue weighted by Crippen LogP contribution is -2.09. The SMILES string of the molecule is CCCCCCCCCC[C@H](CO)CC(C)C. The molecule has 0 bridgehead atoms. The number of aliphatic hydroxyl groups excluding tert-OH is 1. The maximum Gasteiger partial charge on any atom is 0.0459 e. The van der Waals surface area contributed by atoms with E-state index in [0.717, 1.165) is 5.92 Å². The van der Waals surface area contributed by atoms with Gasteiger partial charge in [-0.1, -0.05) is 72.1 Å². The molecule has 0 aromatic carbocycles. The minimum Gasteiger partial charge on any atom is -0.396 e. The van der Waals surface area contributed by atoms with Crippen LogP contribution in [0.3, 0.4) is 0 Å². The first kappa shape index (κ1) is 17.0. The third-order valence-electron chi connectivity index (χ3n) is 3.53. The van der Waals surface area contributed by atoms with Gasteiger partial charge >= 0.3 is 0 Å². The Bertz CT molecular complexity index is 142. The molecule has 0 saturated heterocycles. The number of rotatable bonds is 12. The van der Waals surface area contributed by atoms with Gasteiger partial charge in [-0.25, -0.2) is 0 Å². The molecule has 0 saturated carbocycles. The predicted molar refractivity (Wildman–Crippen MR) is 77.3 cm³/mol. The number of hydrogen-bond donors (Lipinski definition) is 1. The Hall–Kier alpha value is -0.0400. The molecule has 1 heteroatoms. The molecule has 0 aromatic heterocycles. The summed E-state index contributed by atoms with van der Waals surface area (Å²) in [4.78, 5) is 0. The van der Waals surface area contributed by atoms with Gasteiger partial charge in [0.25, 0.3) is 0 Å². The summed E-state index contributed by atoms with van der Waals surface area (Å²) in [7, 11) is 0. The molecule has 0 heterocycles. The van der Waals surface area contributed by atoms with E-state index < -0.39 is 0 Å². The highest BCUT2D eigenvalue weighted by Crippen LogP contribution is 2.19. The highest BCUT2D eigenvalue weighted by Gasteiger charge is 2.08. The van der Waals surface area contributed by atoms with Gasteiger partial charge in [-0.15, -0.1) is 0 Å². The van der Waals surface area contributed by atoms with Gasteiger partial charge in [0.2, 0.25) is 0 Å². The Kier molecular flexibility index (Phi) is 12.4. The van der Waals surface area contributed by atoms with Crippen LogP contribution in [0.4, 0.5) is 0 Å². The molecule has 0 unspecified atom stereocenters. The maximum absolute atomic E-state index is 9.27. The molecule has 0 rings (SSSR count). The van der Waals surface area contributed by atoms with Crippen LogP contribution in [0.15, 0.2) is 0 Å². The van der Waals surface area contributed by atoms with Crippen LogP contribution in [0.2, 0.25) is 0 Å². The van der Waals surface area contributed by atoms with E-state index in [-0.39, 0.29) is 0 Å². The van der Waals surface area contributed by atoms with Crippen molar-refractivity contribution in [1.29, 1.82) is 0 Å². The number of hydrogen-bond acceptors (Lipinski definition) is 1. The van der Waals surface area contributed by atoms with Crippen LogP contribution in [0.5, 0.6) is 0 Å². The van der Waals surface area contributed by atoms with Crippen LogP contribution in [0, 0.1) is 11.8 Å². The average Bonchev–Trinajstić information content (AvgIpc) is 2.30. The standard InChI is InChI=1S/C16H34O/c1-4-5-6-7-8-9-10-11-12-16(14-17)13-15(2)3/h15-17H,4-14H2,1-3H3/t16-/m0/s1. The van der Waals surface area contributed by atoms with Crippen LogP contribution in [-0.4, -0.2) is 11.7 Å². The van der Waals surface area contributed by atoms with E-state index >= 15 is 0 Å². The topological polar surface area (TPSA) is 20.2 Å². The molecule has 0 amide bonds. The van der Waals surface area contributed by atoms with Gasteiger partial charge in [-0.05, 0) is 24.7 Å². The number of unbranched alkanes of at least 4 members (excludes halogenated alkanes) is 7. The molecule has 1 N–H and O–H groups in total. The van der Waals surface area contributed by atoms with Crippen LogP contribution in [0.1, 0.15) is 85.0 Å². The molecule has 1 nitrogen and oxygen atoms in total. The molecule has 1 atom stereocenters. The number of aliphatic hydroxyl groups is 1. The molecule has 0 aliphatic rings. The van der Waals surface area contributed by atoms with Gasteiger partial charge in [0.15, 0.2) is 0 Å². The minimum atomic E-state index is 0.384. The van der Waals surface area contributed by atoms with E-state index in [0.29, 0.717) is 12.5 Å². The lowest BCUT2D eigenvalue weighted by atomic mass is 9.92. The third kappa shape index (κ3) is 12.2. The summed E-state index contributed by atoms with van der Waals surface area (Å²) in [5, 5.41) is 9.27. The fourth-order valence-electron chi connectivity index (χ4n) is 2.52. The summed E-state index contributed by atoms with van der Waals surface area (Å²) in [6, 6.07) is 0. The second kappa shape index (κ2) is 12.4. The molecule has 0 aliphatic carbocycles. The fraction of sp³-hybridized carbons (Fsp3) is 1.00. The Morgan fingerprint density at radius 1 is 0.824 bits per heavy atom. The zero-order valence-electron chi connectivity index (χ0n) is 12.4. The molecule has 0 aliphatic heterocycles. The van der Waals surface area contributed by atoms with Crippen molar-refractivity contribution in [3.05, 3.63) is 0 Å². The smallest absolute Gasteiger partial charge is 0.0459 e. The predicted octanol–water partition coefficient (Wildman–Crippen LogP) is 5.17. The van der Waals surface area contributed by atoms with Crippen molar-refractivity contribution in [3.8, 4) is 0 Å². The van der Waals surface area contributed by atoms with Crippen molar-refractivity contribution in [3.63, 3.8) is 0 Å². The highest BCUT2D eigenvalue weighted by atomic mass is 16.3. The fourth-order valence-corrected chi connectivity index (χ4v) is 2.52. The average molecular weight is 242 g/mol. The second-order valence-corrected chi connectivity index (χ2v) is 5.94. The summed E-state index contributed by atoms with van der Waals surface area (Å²) in [5.74, 6) is 1.27. The largest absolute Gasteiger partial charge is 0.396 e. The molecule has 104 valence electrons. The van der Waals surface area contributed by atoms with E-state index in [1.807, 2.05) is 0 Å². The van der Waals surface area contributed by atoms with Crippen LogP contribution in [-0.2, 0) is 0 Å². The molecular formula is C16H34O. The van der Waals surface area contributed by atoms with Crippen molar-refractivity contribution in [1.82, 2.24) is 0 Å². The van der Waals surface area contributed by atoms with Gasteiger partial charge in [0, 0.05) is 6.61 Å². The minimum absolute atomic E-state index is 0.384. The molecular weight excluding hydrogens is 208 g/mol. The van der Waals surface area contributed by atoms with Crippen LogP contribution >= 0.6 is 0 Å². The zero-order chi connectivity index (χ0) is 12.9. The Labute approximate surface area is 109 Å². The van der Waals surface area contributed by atoms with Crippen LogP contribution < -0.4 is 0 Å². The van der Waals surface area contributed by atoms with Gasteiger partial charge < -0.3 is 5.11 Å². The van der Waals surface area contributed by atoms with Gasteiger partial charge in [0.1, 0.15) is 0 Å². The van der Waals surface area contributed by atoms with Crippen molar-refractivity contribution >= 4 is 0 Å². The van der Waals surface area contributed by atoms with E-state index in [4.69, 9.17) is 0 Å². The highest BCUT2D eigenvalue weighted by molar-refractivity contribution is 4.60. The summed E-state index contributed by atoms with van der Waals surface area (Å²) < 4.78 is 0. The monoisotopic (exact) mass is 242 g/mol. The zero-order valence-corrected chi connectivity index (χ0v) is 12.4. The lowest BCUT2D eigenvalue weighted by molar-refractivity contribution is 0.195. The summed E-state index contributed by atoms with van der Waals surface area (Å²) in [6.45, 7) is 7.14. The normalized spacial score (nSPS) is 13.2. The maximum atomic E-state index is 9.27. The van der Waals surface area contributed by atoms with Crippen LogP contribution in [0.25, 0.3) is 0 Å². The van der Waals surface area contributed by atoms with Crippen molar-refractivity contribution in [2.45, 2.75) is 85.0 Å². The first-order valence-electron chi connectivity index (χ1n) is 7.81. The molecule has 0 aromatic rings. The van der Waals surface area contributed by atoms with Gasteiger partial charge in [-0.2, -0.15) is 0 Å². The quantitative estimate of drug-likeness (QED) is 0.468. The molecule has 0 radical (unpaired) electrons. The first-order chi connectivity index (χ1) is 8.20. The molecule has 0 fully saturated rings. The Morgan fingerprint density at radius 2 is 1.35 bits per heavy atom. The van der Waals surface area contributed by atoms with E-state index in [2.05, 4.69) is 20.8 Å². The molecule has 0 spiro atoms. The second-order valence-electron chi connectivity index (χ2n) is 5.94. The van der Waals surface area contributed by atoms with Crippen molar-refractivity contribution in [2.24, 2.45) is 11.8 Å². The van der Waals surface area contributed by atoms with Crippen molar-refractivity contribution in [2.75, 3.05) is 6.61 Å². The van der Waals surface area contributed by atoms with Crippen molar-refractivity contribution < 1.29 is 5.11 Å². The molecule has 17 heavy (non-hydrogen) atoms. The van der Waals surface area contributed by atoms with E-state index in [1.165, 1.54) is 64.2 Å². The summed E-state index contributed by atoms with van der Waals surface area (Å²) >= 11 is 0. The van der Waals surface area contributed by atoms with E-state index in [9.17, 15) is 5.11 Å². The summed E-state index contributed by atoms with van der Waals surface area (Å²) in [5.41, 5.74) is 0. The Morgan fingerprint density at radius 3 is 1.82 bits per heavy atom. The summed E-state index contributed by atoms with van der Waals surface area (Å²) in [6.07, 6.45) is 13.5. The lowest BCUT2D eigenvalue weighted by Gasteiger charge is -2.16.